The molecule has 1 aromatic heterocycles. The molecule has 0 amide bonds. The Morgan fingerprint density at radius 1 is 1.24 bits per heavy atom. The first-order chi connectivity index (χ1) is 11.8. The lowest BCUT2D eigenvalue weighted by atomic mass is 9.92. The molecule has 0 saturated heterocycles. The Morgan fingerprint density at radius 3 is 2.28 bits per heavy atom. The molecule has 1 aromatic carbocycles. The zero-order chi connectivity index (χ0) is 18.7. The van der Waals surface area contributed by atoms with Gasteiger partial charge >= 0.3 is 11.6 Å². The third-order valence-corrected chi connectivity index (χ3v) is 4.53. The van der Waals surface area contributed by atoms with Crippen molar-refractivity contribution in [2.75, 3.05) is 0 Å². The highest BCUT2D eigenvalue weighted by Gasteiger charge is 2.25. The molecule has 1 radical (unpaired) electrons. The van der Waals surface area contributed by atoms with E-state index >= 15 is 0 Å². The molecule has 2 rings (SSSR count). The monoisotopic (exact) mass is 361 g/mol. The van der Waals surface area contributed by atoms with Crippen LogP contribution in [0.25, 0.3) is 0 Å². The van der Waals surface area contributed by atoms with Crippen molar-refractivity contribution < 1.29 is 9.66 Å². The molecule has 0 aliphatic carbocycles. The van der Waals surface area contributed by atoms with Crippen molar-refractivity contribution in [2.24, 2.45) is 0 Å². The van der Waals surface area contributed by atoms with Gasteiger partial charge in [-0.25, -0.2) is 4.98 Å². The van der Waals surface area contributed by atoms with Crippen LogP contribution in [-0.4, -0.2) is 9.91 Å². The van der Waals surface area contributed by atoms with Gasteiger partial charge in [-0.15, -0.1) is 0 Å². The SMILES string of the molecule is CCC(CC)c1[c]c([N+](=O)[O-])c(Oc2c(C)cc(Cl)cc2C)nc1C. The molecule has 2 aromatic rings. The topological polar surface area (TPSA) is 65.3 Å². The molecule has 0 aliphatic heterocycles. The average Bonchev–Trinajstić information content (AvgIpc) is 2.53. The quantitative estimate of drug-likeness (QED) is 0.463. The number of pyridine rings is 1. The largest absolute Gasteiger partial charge is 0.433 e. The summed E-state index contributed by atoms with van der Waals surface area (Å²) >= 11 is 6.03. The molecule has 133 valence electrons. The second kappa shape index (κ2) is 7.83. The van der Waals surface area contributed by atoms with Crippen LogP contribution in [0.5, 0.6) is 11.6 Å². The Bertz CT molecular complexity index is 778. The van der Waals surface area contributed by atoms with Crippen LogP contribution in [0, 0.1) is 37.0 Å². The lowest BCUT2D eigenvalue weighted by Crippen LogP contribution is -2.06. The smallest absolute Gasteiger partial charge is 0.339 e. The number of aromatic nitrogens is 1. The molecule has 25 heavy (non-hydrogen) atoms. The molecule has 0 atom stereocenters. The van der Waals surface area contributed by atoms with E-state index in [0.717, 1.165) is 29.5 Å². The highest BCUT2D eigenvalue weighted by Crippen LogP contribution is 2.37. The van der Waals surface area contributed by atoms with Crippen LogP contribution in [0.1, 0.15) is 55.0 Å². The normalized spacial score (nSPS) is 11.0. The van der Waals surface area contributed by atoms with Crippen LogP contribution in [0.2, 0.25) is 5.02 Å². The minimum Gasteiger partial charge on any atom is -0.433 e. The van der Waals surface area contributed by atoms with Crippen molar-refractivity contribution in [1.29, 1.82) is 0 Å². The lowest BCUT2D eigenvalue weighted by molar-refractivity contribution is -0.386. The van der Waals surface area contributed by atoms with Gasteiger partial charge in [-0.1, -0.05) is 25.4 Å². The number of benzene rings is 1. The van der Waals surface area contributed by atoms with Crippen LogP contribution >= 0.6 is 11.6 Å². The Morgan fingerprint density at radius 2 is 1.80 bits per heavy atom. The standard InChI is InChI=1S/C19H22ClN2O3/c1-6-14(7-2)16-10-17(22(23)24)19(21-13(16)5)25-18-11(3)8-15(20)9-12(18)4/h8-9,14H,6-7H2,1-5H3. The first-order valence-electron chi connectivity index (χ1n) is 8.31. The summed E-state index contributed by atoms with van der Waals surface area (Å²) in [6.45, 7) is 9.63. The van der Waals surface area contributed by atoms with Gasteiger partial charge in [0.2, 0.25) is 0 Å². The number of aryl methyl sites for hydroxylation is 3. The van der Waals surface area contributed by atoms with Gasteiger partial charge in [0.05, 0.1) is 11.0 Å². The Balaban J connectivity index is 2.55. The van der Waals surface area contributed by atoms with Crippen molar-refractivity contribution in [3.63, 3.8) is 0 Å². The molecule has 0 N–H and O–H groups in total. The molecule has 0 spiro atoms. The zero-order valence-electron chi connectivity index (χ0n) is 15.1. The average molecular weight is 362 g/mol. The van der Waals surface area contributed by atoms with E-state index in [2.05, 4.69) is 24.9 Å². The fourth-order valence-corrected chi connectivity index (χ4v) is 3.31. The van der Waals surface area contributed by atoms with Gasteiger partial charge in [-0.3, -0.25) is 10.1 Å². The van der Waals surface area contributed by atoms with Crippen LogP contribution in [0.15, 0.2) is 12.1 Å². The van der Waals surface area contributed by atoms with E-state index < -0.39 is 4.92 Å². The van der Waals surface area contributed by atoms with Crippen molar-refractivity contribution in [2.45, 2.75) is 53.4 Å². The lowest BCUT2D eigenvalue weighted by Gasteiger charge is -2.17. The van der Waals surface area contributed by atoms with Gasteiger partial charge in [0.25, 0.3) is 0 Å². The van der Waals surface area contributed by atoms with E-state index in [1.165, 1.54) is 0 Å². The first kappa shape index (κ1) is 19.2. The van der Waals surface area contributed by atoms with Crippen molar-refractivity contribution >= 4 is 17.3 Å². The second-order valence-electron chi connectivity index (χ2n) is 6.13. The predicted octanol–water partition coefficient (Wildman–Crippen LogP) is 6.06. The molecule has 0 saturated carbocycles. The maximum absolute atomic E-state index is 11.5. The van der Waals surface area contributed by atoms with E-state index in [1.807, 2.05) is 20.8 Å². The number of nitrogens with zero attached hydrogens (tertiary/aromatic N) is 2. The molecule has 0 unspecified atom stereocenters. The fraction of sp³-hybridized carbons (Fsp3) is 0.421. The number of ether oxygens (including phenoxy) is 1. The predicted molar refractivity (Wildman–Crippen MR) is 98.8 cm³/mol. The molecule has 1 heterocycles. The summed E-state index contributed by atoms with van der Waals surface area (Å²) in [4.78, 5) is 15.4. The summed E-state index contributed by atoms with van der Waals surface area (Å²) in [5, 5.41) is 12.1. The van der Waals surface area contributed by atoms with E-state index in [0.29, 0.717) is 16.5 Å². The minimum absolute atomic E-state index is 0.0364. The van der Waals surface area contributed by atoms with Gasteiger partial charge < -0.3 is 4.74 Å². The van der Waals surface area contributed by atoms with Gasteiger partial charge in [-0.2, -0.15) is 0 Å². The minimum atomic E-state index is -0.492. The second-order valence-corrected chi connectivity index (χ2v) is 6.57. The molecule has 5 nitrogen and oxygen atoms in total. The van der Waals surface area contributed by atoms with Gasteiger partial charge in [0, 0.05) is 10.7 Å². The number of nitro groups is 1. The highest BCUT2D eigenvalue weighted by atomic mass is 35.5. The van der Waals surface area contributed by atoms with E-state index in [1.54, 1.807) is 12.1 Å². The third kappa shape index (κ3) is 4.10. The van der Waals surface area contributed by atoms with Crippen LogP contribution in [-0.2, 0) is 0 Å². The molecule has 0 aliphatic rings. The van der Waals surface area contributed by atoms with Crippen molar-refractivity contribution in [3.05, 3.63) is 55.7 Å². The Kier molecular flexibility index (Phi) is 6.01. The van der Waals surface area contributed by atoms with Crippen LogP contribution in [0.3, 0.4) is 0 Å². The summed E-state index contributed by atoms with van der Waals surface area (Å²) in [6, 6.07) is 6.45. The van der Waals surface area contributed by atoms with E-state index in [4.69, 9.17) is 16.3 Å². The van der Waals surface area contributed by atoms with Gasteiger partial charge in [-0.05, 0) is 68.4 Å². The summed E-state index contributed by atoms with van der Waals surface area (Å²) < 4.78 is 5.83. The summed E-state index contributed by atoms with van der Waals surface area (Å²) in [5.74, 6) is 0.688. The first-order valence-corrected chi connectivity index (χ1v) is 8.69. The summed E-state index contributed by atoms with van der Waals surface area (Å²) in [7, 11) is 0. The number of hydrogen-bond donors (Lipinski definition) is 0. The van der Waals surface area contributed by atoms with Gasteiger partial charge in [0.1, 0.15) is 5.75 Å². The van der Waals surface area contributed by atoms with Crippen LogP contribution in [0.4, 0.5) is 5.69 Å². The molecule has 0 fully saturated rings. The fourth-order valence-electron chi connectivity index (χ4n) is 2.98. The summed E-state index contributed by atoms with van der Waals surface area (Å²) in [5.41, 5.74) is 2.85. The Hall–Kier alpha value is -2.14. The molecular weight excluding hydrogens is 340 g/mol. The molecule has 6 heteroatoms. The summed E-state index contributed by atoms with van der Waals surface area (Å²) in [6.07, 6.45) is 1.75. The number of halogens is 1. The zero-order valence-corrected chi connectivity index (χ0v) is 15.9. The van der Waals surface area contributed by atoms with Crippen molar-refractivity contribution in [1.82, 2.24) is 4.98 Å². The van der Waals surface area contributed by atoms with Gasteiger partial charge in [0.15, 0.2) is 0 Å². The third-order valence-electron chi connectivity index (χ3n) is 4.31. The molecule has 0 bridgehead atoms. The highest BCUT2D eigenvalue weighted by molar-refractivity contribution is 6.30. The van der Waals surface area contributed by atoms with Crippen molar-refractivity contribution in [3.8, 4) is 11.6 Å². The van der Waals surface area contributed by atoms with E-state index in [-0.39, 0.29) is 17.5 Å². The number of rotatable bonds is 6. The van der Waals surface area contributed by atoms with Crippen LogP contribution < -0.4 is 4.74 Å². The maximum atomic E-state index is 11.5. The molecular formula is C19H22ClN2O3. The number of hydrogen-bond acceptors (Lipinski definition) is 4. The van der Waals surface area contributed by atoms with E-state index in [9.17, 15) is 10.1 Å². The Labute approximate surface area is 153 Å². The maximum Gasteiger partial charge on any atom is 0.339 e.